The first kappa shape index (κ1) is 14.9. The molecule has 1 fully saturated rings. The van der Waals surface area contributed by atoms with Gasteiger partial charge < -0.3 is 5.73 Å². The van der Waals surface area contributed by atoms with Gasteiger partial charge in [-0.3, -0.25) is 4.90 Å². The molecule has 0 spiro atoms. The van der Waals surface area contributed by atoms with E-state index in [0.717, 1.165) is 36.0 Å². The van der Waals surface area contributed by atoms with Gasteiger partial charge in [-0.05, 0) is 56.8 Å². The molecule has 1 aliphatic heterocycles. The first-order valence-corrected chi connectivity index (χ1v) is 7.70. The Morgan fingerprint density at radius 2 is 2.21 bits per heavy atom. The normalized spacial score (nSPS) is 23.5. The average Bonchev–Trinajstić information content (AvgIpc) is 2.82. The molecule has 2 N–H and O–H groups in total. The zero-order chi connectivity index (χ0) is 14.0. The highest BCUT2D eigenvalue weighted by molar-refractivity contribution is 9.10. The summed E-state index contributed by atoms with van der Waals surface area (Å²) in [5, 5.41) is 0. The van der Waals surface area contributed by atoms with Gasteiger partial charge in [-0.2, -0.15) is 0 Å². The maximum atomic E-state index is 13.8. The summed E-state index contributed by atoms with van der Waals surface area (Å²) in [5.74, 6) is 0.460. The number of likely N-dealkylation sites (tertiary alicyclic amines) is 1. The van der Waals surface area contributed by atoms with E-state index in [1.807, 2.05) is 12.1 Å². The van der Waals surface area contributed by atoms with Crippen LogP contribution in [0.2, 0.25) is 0 Å². The van der Waals surface area contributed by atoms with E-state index in [1.54, 1.807) is 0 Å². The first-order valence-electron chi connectivity index (χ1n) is 6.91. The summed E-state index contributed by atoms with van der Waals surface area (Å²) >= 11 is 3.29. The van der Waals surface area contributed by atoms with E-state index >= 15 is 0 Å². The van der Waals surface area contributed by atoms with E-state index in [1.165, 1.54) is 6.07 Å². The molecular weight excluding hydrogens is 307 g/mol. The summed E-state index contributed by atoms with van der Waals surface area (Å²) in [4.78, 5) is 2.43. The second kappa shape index (κ2) is 6.33. The van der Waals surface area contributed by atoms with Crippen LogP contribution in [0.25, 0.3) is 0 Å². The van der Waals surface area contributed by atoms with Crippen molar-refractivity contribution in [2.45, 2.75) is 38.8 Å². The third-order valence-electron chi connectivity index (χ3n) is 4.15. The van der Waals surface area contributed by atoms with Crippen molar-refractivity contribution in [3.63, 3.8) is 0 Å². The highest BCUT2D eigenvalue weighted by atomic mass is 79.9. The minimum absolute atomic E-state index is 0.121. The Morgan fingerprint density at radius 3 is 2.79 bits per heavy atom. The van der Waals surface area contributed by atoms with E-state index in [4.69, 9.17) is 5.73 Å². The fourth-order valence-electron chi connectivity index (χ4n) is 2.78. The topological polar surface area (TPSA) is 29.3 Å². The molecule has 19 heavy (non-hydrogen) atoms. The van der Waals surface area contributed by atoms with E-state index < -0.39 is 0 Å². The Bertz CT molecular complexity index is 436. The van der Waals surface area contributed by atoms with Gasteiger partial charge in [0.05, 0.1) is 0 Å². The molecule has 1 aromatic rings. The summed E-state index contributed by atoms with van der Waals surface area (Å²) in [6.45, 7) is 6.36. The quantitative estimate of drug-likeness (QED) is 0.919. The summed E-state index contributed by atoms with van der Waals surface area (Å²) in [6, 6.07) is 5.92. The zero-order valence-electron chi connectivity index (χ0n) is 11.6. The molecule has 2 rings (SSSR count). The predicted molar refractivity (Wildman–Crippen MR) is 80.6 cm³/mol. The van der Waals surface area contributed by atoms with Gasteiger partial charge in [0, 0.05) is 23.1 Å². The lowest BCUT2D eigenvalue weighted by Crippen LogP contribution is -2.35. The van der Waals surface area contributed by atoms with Crippen LogP contribution in [0.5, 0.6) is 0 Å². The van der Waals surface area contributed by atoms with Crippen LogP contribution < -0.4 is 5.73 Å². The van der Waals surface area contributed by atoms with Crippen LogP contribution in [-0.2, 0) is 6.42 Å². The molecule has 3 atom stereocenters. The number of halogens is 2. The fourth-order valence-corrected chi connectivity index (χ4v) is 3.11. The van der Waals surface area contributed by atoms with Gasteiger partial charge in [-0.1, -0.05) is 22.0 Å². The predicted octanol–water partition coefficient (Wildman–Crippen LogP) is 3.19. The van der Waals surface area contributed by atoms with Crippen molar-refractivity contribution < 1.29 is 4.39 Å². The van der Waals surface area contributed by atoms with Crippen molar-refractivity contribution in [3.05, 3.63) is 34.1 Å². The summed E-state index contributed by atoms with van der Waals surface area (Å²) in [6.07, 6.45) is 1.91. The van der Waals surface area contributed by atoms with Crippen LogP contribution >= 0.6 is 15.9 Å². The van der Waals surface area contributed by atoms with E-state index in [0.29, 0.717) is 12.0 Å². The molecule has 1 saturated heterocycles. The average molecular weight is 329 g/mol. The molecule has 106 valence electrons. The lowest BCUT2D eigenvalue weighted by atomic mass is 10.0. The van der Waals surface area contributed by atoms with Gasteiger partial charge in [0.2, 0.25) is 0 Å². The van der Waals surface area contributed by atoms with Crippen LogP contribution in [0.1, 0.15) is 25.8 Å². The van der Waals surface area contributed by atoms with Gasteiger partial charge in [-0.25, -0.2) is 4.39 Å². The van der Waals surface area contributed by atoms with Crippen molar-refractivity contribution in [2.75, 3.05) is 13.1 Å². The molecule has 0 aliphatic carbocycles. The molecule has 0 bridgehead atoms. The molecule has 1 aromatic carbocycles. The number of nitrogens with two attached hydrogens (primary N) is 1. The van der Waals surface area contributed by atoms with Crippen LogP contribution in [0, 0.1) is 11.7 Å². The molecule has 1 heterocycles. The Labute approximate surface area is 123 Å². The smallest absolute Gasteiger partial charge is 0.127 e. The van der Waals surface area contributed by atoms with Gasteiger partial charge in [-0.15, -0.1) is 0 Å². The zero-order valence-corrected chi connectivity index (χ0v) is 13.2. The van der Waals surface area contributed by atoms with Crippen LogP contribution in [0.4, 0.5) is 4.39 Å². The largest absolute Gasteiger partial charge is 0.328 e. The van der Waals surface area contributed by atoms with E-state index in [9.17, 15) is 4.39 Å². The minimum Gasteiger partial charge on any atom is -0.328 e. The summed E-state index contributed by atoms with van der Waals surface area (Å²) in [7, 11) is 0. The van der Waals surface area contributed by atoms with Crippen LogP contribution in [0.15, 0.2) is 22.7 Å². The van der Waals surface area contributed by atoms with E-state index in [-0.39, 0.29) is 11.9 Å². The maximum absolute atomic E-state index is 13.8. The number of hydrogen-bond donors (Lipinski definition) is 1. The SMILES string of the molecule is CC(N)C1CCN(C(C)Cc2ccc(Br)cc2F)C1. The molecule has 0 radical (unpaired) electrons. The Kier molecular flexibility index (Phi) is 4.98. The van der Waals surface area contributed by atoms with E-state index in [2.05, 4.69) is 34.7 Å². The molecule has 4 heteroatoms. The molecule has 0 aromatic heterocycles. The Hall–Kier alpha value is -0.450. The first-order chi connectivity index (χ1) is 8.97. The van der Waals surface area contributed by atoms with Crippen molar-refractivity contribution >= 4 is 15.9 Å². The monoisotopic (exact) mass is 328 g/mol. The molecule has 2 nitrogen and oxygen atoms in total. The lowest BCUT2D eigenvalue weighted by molar-refractivity contribution is 0.242. The second-order valence-electron chi connectivity index (χ2n) is 5.69. The summed E-state index contributed by atoms with van der Waals surface area (Å²) in [5.41, 5.74) is 6.75. The van der Waals surface area contributed by atoms with Gasteiger partial charge in [0.15, 0.2) is 0 Å². The highest BCUT2D eigenvalue weighted by Crippen LogP contribution is 2.23. The molecular formula is C15H22BrFN2. The standard InChI is InChI=1S/C15H22BrFN2/c1-10(19-6-5-13(9-19)11(2)18)7-12-3-4-14(16)8-15(12)17/h3-4,8,10-11,13H,5-7,9,18H2,1-2H3. The number of benzene rings is 1. The highest BCUT2D eigenvalue weighted by Gasteiger charge is 2.28. The maximum Gasteiger partial charge on any atom is 0.127 e. The van der Waals surface area contributed by atoms with Crippen molar-refractivity contribution in [1.82, 2.24) is 4.90 Å². The number of hydrogen-bond acceptors (Lipinski definition) is 2. The minimum atomic E-state index is -0.121. The van der Waals surface area contributed by atoms with Crippen LogP contribution in [0.3, 0.4) is 0 Å². The van der Waals surface area contributed by atoms with Gasteiger partial charge in [0.1, 0.15) is 5.82 Å². The Morgan fingerprint density at radius 1 is 1.47 bits per heavy atom. The summed E-state index contributed by atoms with van der Waals surface area (Å²) < 4.78 is 14.6. The Balaban J connectivity index is 1.96. The molecule has 0 amide bonds. The van der Waals surface area contributed by atoms with Crippen molar-refractivity contribution in [3.8, 4) is 0 Å². The second-order valence-corrected chi connectivity index (χ2v) is 6.61. The molecule has 0 saturated carbocycles. The van der Waals surface area contributed by atoms with Crippen molar-refractivity contribution in [1.29, 1.82) is 0 Å². The fraction of sp³-hybridized carbons (Fsp3) is 0.600. The third kappa shape index (κ3) is 3.77. The molecule has 3 unspecified atom stereocenters. The molecule has 1 aliphatic rings. The lowest BCUT2D eigenvalue weighted by Gasteiger charge is -2.25. The number of rotatable bonds is 4. The van der Waals surface area contributed by atoms with Gasteiger partial charge in [0.25, 0.3) is 0 Å². The third-order valence-corrected chi connectivity index (χ3v) is 4.65. The van der Waals surface area contributed by atoms with Crippen LogP contribution in [-0.4, -0.2) is 30.1 Å². The van der Waals surface area contributed by atoms with Gasteiger partial charge >= 0.3 is 0 Å². The van der Waals surface area contributed by atoms with Crippen molar-refractivity contribution in [2.24, 2.45) is 11.7 Å². The number of nitrogens with zero attached hydrogens (tertiary/aromatic N) is 1.